The Balaban J connectivity index is 1.80. The van der Waals surface area contributed by atoms with Crippen LogP contribution in [-0.2, 0) is 4.74 Å². The number of benzene rings is 1. The molecule has 0 bridgehead atoms. The number of carbonyl (C=O) groups excluding carboxylic acids is 1. The zero-order valence-electron chi connectivity index (χ0n) is 10.8. The number of H-pyrrole nitrogens is 1. The molecule has 0 spiro atoms. The first kappa shape index (κ1) is 13.4. The molecule has 2 aromatic rings. The second-order valence-electron chi connectivity index (χ2n) is 4.23. The highest BCUT2D eigenvalue weighted by atomic mass is 16.5. The van der Waals surface area contributed by atoms with Crippen molar-refractivity contribution in [2.24, 2.45) is 0 Å². The van der Waals surface area contributed by atoms with Crippen molar-refractivity contribution in [1.29, 1.82) is 0 Å². The molecule has 4 nitrogen and oxygen atoms in total. The lowest BCUT2D eigenvalue weighted by Gasteiger charge is -2.06. The summed E-state index contributed by atoms with van der Waals surface area (Å²) in [5.74, 6) is -0.0737. The summed E-state index contributed by atoms with van der Waals surface area (Å²) in [5.41, 5.74) is 1.70. The molecule has 0 radical (unpaired) electrons. The Bertz CT molecular complexity index is 560. The minimum atomic E-state index is -0.0737. The standard InChI is InChI=1S/C15H18N2O2/c1-2-3-9-19-10-8-17-15(18)13-4-5-14-12(11-13)6-7-16-14/h2,4-7,11,16H,1,3,8-10H2,(H,17,18). The van der Waals surface area contributed by atoms with Gasteiger partial charge in [0, 0.05) is 29.2 Å². The van der Waals surface area contributed by atoms with E-state index in [1.165, 1.54) is 0 Å². The predicted molar refractivity (Wildman–Crippen MR) is 76.3 cm³/mol. The molecule has 100 valence electrons. The van der Waals surface area contributed by atoms with Gasteiger partial charge in [-0.05, 0) is 30.7 Å². The topological polar surface area (TPSA) is 54.1 Å². The van der Waals surface area contributed by atoms with Gasteiger partial charge in [0.15, 0.2) is 0 Å². The van der Waals surface area contributed by atoms with Gasteiger partial charge in [-0.2, -0.15) is 0 Å². The summed E-state index contributed by atoms with van der Waals surface area (Å²) < 4.78 is 5.33. The first-order valence-corrected chi connectivity index (χ1v) is 6.35. The SMILES string of the molecule is C=CCCOCCNC(=O)c1ccc2[nH]ccc2c1. The number of carbonyl (C=O) groups is 1. The minimum Gasteiger partial charge on any atom is -0.379 e. The number of ether oxygens (including phenoxy) is 1. The van der Waals surface area contributed by atoms with Crippen LogP contribution in [-0.4, -0.2) is 30.6 Å². The van der Waals surface area contributed by atoms with Crippen molar-refractivity contribution in [3.8, 4) is 0 Å². The average molecular weight is 258 g/mol. The Hall–Kier alpha value is -2.07. The summed E-state index contributed by atoms with van der Waals surface area (Å²) >= 11 is 0. The van der Waals surface area contributed by atoms with Crippen LogP contribution in [0.1, 0.15) is 16.8 Å². The molecule has 4 heteroatoms. The molecule has 1 aromatic heterocycles. The highest BCUT2D eigenvalue weighted by Crippen LogP contribution is 2.13. The molecule has 0 unspecified atom stereocenters. The van der Waals surface area contributed by atoms with E-state index < -0.39 is 0 Å². The van der Waals surface area contributed by atoms with E-state index in [2.05, 4.69) is 16.9 Å². The molecular formula is C15H18N2O2. The molecule has 0 saturated carbocycles. The second kappa shape index (κ2) is 6.75. The third-order valence-electron chi connectivity index (χ3n) is 2.81. The summed E-state index contributed by atoms with van der Waals surface area (Å²) in [4.78, 5) is 15.0. The summed E-state index contributed by atoms with van der Waals surface area (Å²) in [5, 5.41) is 3.87. The Morgan fingerprint density at radius 1 is 1.37 bits per heavy atom. The number of hydrogen-bond donors (Lipinski definition) is 2. The number of aromatic nitrogens is 1. The molecule has 1 aromatic carbocycles. The molecule has 1 heterocycles. The molecule has 0 aliphatic rings. The van der Waals surface area contributed by atoms with Crippen LogP contribution in [0.4, 0.5) is 0 Å². The van der Waals surface area contributed by atoms with E-state index in [0.29, 0.717) is 25.3 Å². The quantitative estimate of drug-likeness (QED) is 0.592. The molecule has 0 aliphatic heterocycles. The molecule has 0 atom stereocenters. The van der Waals surface area contributed by atoms with Crippen LogP contribution in [0.15, 0.2) is 43.1 Å². The lowest BCUT2D eigenvalue weighted by molar-refractivity contribution is 0.0918. The van der Waals surface area contributed by atoms with Crippen molar-refractivity contribution in [3.05, 3.63) is 48.7 Å². The van der Waals surface area contributed by atoms with Crippen LogP contribution >= 0.6 is 0 Å². The fourth-order valence-electron chi connectivity index (χ4n) is 1.80. The normalized spacial score (nSPS) is 10.5. The Morgan fingerprint density at radius 2 is 2.26 bits per heavy atom. The second-order valence-corrected chi connectivity index (χ2v) is 4.23. The summed E-state index contributed by atoms with van der Waals surface area (Å²) in [6.45, 7) is 5.30. The molecule has 0 saturated heterocycles. The van der Waals surface area contributed by atoms with Crippen LogP contribution in [0.25, 0.3) is 10.9 Å². The van der Waals surface area contributed by atoms with Gasteiger partial charge in [-0.1, -0.05) is 6.08 Å². The van der Waals surface area contributed by atoms with Crippen molar-refractivity contribution >= 4 is 16.8 Å². The van der Waals surface area contributed by atoms with Gasteiger partial charge in [-0.25, -0.2) is 0 Å². The van der Waals surface area contributed by atoms with Crippen LogP contribution in [0.3, 0.4) is 0 Å². The van der Waals surface area contributed by atoms with Crippen LogP contribution < -0.4 is 5.32 Å². The molecule has 0 aliphatic carbocycles. The van der Waals surface area contributed by atoms with E-state index >= 15 is 0 Å². The van der Waals surface area contributed by atoms with Gasteiger partial charge in [0.25, 0.3) is 5.91 Å². The van der Waals surface area contributed by atoms with Crippen molar-refractivity contribution in [2.75, 3.05) is 19.8 Å². The number of amides is 1. The zero-order chi connectivity index (χ0) is 13.5. The van der Waals surface area contributed by atoms with Crippen molar-refractivity contribution in [2.45, 2.75) is 6.42 Å². The van der Waals surface area contributed by atoms with Crippen LogP contribution in [0.5, 0.6) is 0 Å². The number of hydrogen-bond acceptors (Lipinski definition) is 2. The summed E-state index contributed by atoms with van der Waals surface area (Å²) in [7, 11) is 0. The van der Waals surface area contributed by atoms with E-state index in [9.17, 15) is 4.79 Å². The lowest BCUT2D eigenvalue weighted by Crippen LogP contribution is -2.27. The number of nitrogens with one attached hydrogen (secondary N) is 2. The summed E-state index contributed by atoms with van der Waals surface area (Å²) in [6.07, 6.45) is 4.50. The number of rotatable bonds is 7. The Morgan fingerprint density at radius 3 is 3.11 bits per heavy atom. The van der Waals surface area contributed by atoms with E-state index in [0.717, 1.165) is 17.3 Å². The van der Waals surface area contributed by atoms with E-state index in [1.807, 2.05) is 36.5 Å². The van der Waals surface area contributed by atoms with Gasteiger partial charge < -0.3 is 15.0 Å². The Kier molecular flexibility index (Phi) is 4.75. The van der Waals surface area contributed by atoms with E-state index in [1.54, 1.807) is 0 Å². The fraction of sp³-hybridized carbons (Fsp3) is 0.267. The molecule has 2 rings (SSSR count). The number of aromatic amines is 1. The van der Waals surface area contributed by atoms with Crippen molar-refractivity contribution < 1.29 is 9.53 Å². The predicted octanol–water partition coefficient (Wildman–Crippen LogP) is 2.49. The first-order valence-electron chi connectivity index (χ1n) is 6.35. The van der Waals surface area contributed by atoms with Gasteiger partial charge in [0.2, 0.25) is 0 Å². The van der Waals surface area contributed by atoms with Crippen molar-refractivity contribution in [3.63, 3.8) is 0 Å². The third kappa shape index (κ3) is 3.69. The molecule has 0 fully saturated rings. The summed E-state index contributed by atoms with van der Waals surface area (Å²) in [6, 6.07) is 7.54. The van der Waals surface area contributed by atoms with Crippen LogP contribution in [0, 0.1) is 0 Å². The maximum Gasteiger partial charge on any atom is 0.251 e. The Labute approximate surface area is 112 Å². The smallest absolute Gasteiger partial charge is 0.251 e. The largest absolute Gasteiger partial charge is 0.379 e. The fourth-order valence-corrected chi connectivity index (χ4v) is 1.80. The zero-order valence-corrected chi connectivity index (χ0v) is 10.8. The average Bonchev–Trinajstić information content (AvgIpc) is 2.89. The molecular weight excluding hydrogens is 240 g/mol. The minimum absolute atomic E-state index is 0.0737. The maximum absolute atomic E-state index is 11.9. The van der Waals surface area contributed by atoms with Crippen molar-refractivity contribution in [1.82, 2.24) is 10.3 Å². The number of fused-ring (bicyclic) bond motifs is 1. The molecule has 2 N–H and O–H groups in total. The maximum atomic E-state index is 11.9. The van der Waals surface area contributed by atoms with Gasteiger partial charge in [-0.3, -0.25) is 4.79 Å². The molecule has 1 amide bonds. The highest BCUT2D eigenvalue weighted by molar-refractivity contribution is 5.98. The van der Waals surface area contributed by atoms with Gasteiger partial charge in [0.1, 0.15) is 0 Å². The first-order chi connectivity index (χ1) is 9.31. The third-order valence-corrected chi connectivity index (χ3v) is 2.81. The van der Waals surface area contributed by atoms with Gasteiger partial charge in [-0.15, -0.1) is 6.58 Å². The van der Waals surface area contributed by atoms with Gasteiger partial charge in [0.05, 0.1) is 13.2 Å². The van der Waals surface area contributed by atoms with Crippen LogP contribution in [0.2, 0.25) is 0 Å². The van der Waals surface area contributed by atoms with E-state index in [-0.39, 0.29) is 5.91 Å². The van der Waals surface area contributed by atoms with E-state index in [4.69, 9.17) is 4.74 Å². The lowest BCUT2D eigenvalue weighted by atomic mass is 10.1. The van der Waals surface area contributed by atoms with Gasteiger partial charge >= 0.3 is 0 Å². The molecule has 19 heavy (non-hydrogen) atoms. The monoisotopic (exact) mass is 258 g/mol. The highest BCUT2D eigenvalue weighted by Gasteiger charge is 2.05.